The van der Waals surface area contributed by atoms with Gasteiger partial charge in [0.05, 0.1) is 5.69 Å². The van der Waals surface area contributed by atoms with Crippen molar-refractivity contribution in [3.8, 4) is 5.75 Å². The maximum Gasteiger partial charge on any atom is 0.260 e. The molecule has 0 bridgehead atoms. The summed E-state index contributed by atoms with van der Waals surface area (Å²) in [7, 11) is 0. The molecular formula is C21H24N4O3S. The number of benzene rings is 1. The molecule has 29 heavy (non-hydrogen) atoms. The number of para-hydroxylation sites is 1. The quantitative estimate of drug-likeness (QED) is 0.642. The maximum atomic E-state index is 12.5. The Balaban J connectivity index is 1.30. The molecule has 0 radical (unpaired) electrons. The zero-order valence-electron chi connectivity index (χ0n) is 16.6. The lowest BCUT2D eigenvalue weighted by Crippen LogP contribution is -2.49. The molecule has 8 heteroatoms. The summed E-state index contributed by atoms with van der Waals surface area (Å²) in [5, 5.41) is 1.86. The van der Waals surface area contributed by atoms with Crippen LogP contribution in [0.1, 0.15) is 16.8 Å². The van der Waals surface area contributed by atoms with Gasteiger partial charge in [0, 0.05) is 50.4 Å². The minimum atomic E-state index is -0.0521. The SMILES string of the molecule is Cc1cccc(C)c1OCC(=O)N1CCN(Cc2cc(=O)n3ccsc3n2)CC1. The van der Waals surface area contributed by atoms with Crippen LogP contribution in [0.5, 0.6) is 5.75 Å². The van der Waals surface area contributed by atoms with Gasteiger partial charge in [0.1, 0.15) is 5.75 Å². The van der Waals surface area contributed by atoms with E-state index in [1.807, 2.05) is 42.3 Å². The number of carbonyl (C=O) groups is 1. The summed E-state index contributed by atoms with van der Waals surface area (Å²) >= 11 is 1.45. The number of amides is 1. The molecule has 0 atom stereocenters. The summed E-state index contributed by atoms with van der Waals surface area (Å²) in [6.07, 6.45) is 1.74. The van der Waals surface area contributed by atoms with Gasteiger partial charge in [-0.2, -0.15) is 0 Å². The Morgan fingerprint density at radius 1 is 1.17 bits per heavy atom. The molecule has 0 unspecified atom stereocenters. The van der Waals surface area contributed by atoms with Crippen molar-refractivity contribution >= 4 is 22.2 Å². The highest BCUT2D eigenvalue weighted by Gasteiger charge is 2.22. The molecule has 2 aromatic heterocycles. The van der Waals surface area contributed by atoms with E-state index in [-0.39, 0.29) is 18.1 Å². The number of aromatic nitrogens is 2. The van der Waals surface area contributed by atoms with E-state index in [0.29, 0.717) is 24.6 Å². The summed E-state index contributed by atoms with van der Waals surface area (Å²) in [6, 6.07) is 7.55. The number of carbonyl (C=O) groups excluding carboxylic acids is 1. The maximum absolute atomic E-state index is 12.5. The molecule has 0 N–H and O–H groups in total. The first kappa shape index (κ1) is 19.6. The standard InChI is InChI=1S/C21H24N4O3S/c1-15-4-3-5-16(2)20(15)28-14-19(27)24-8-6-23(7-9-24)13-17-12-18(26)25-10-11-29-21(25)22-17/h3-5,10-12H,6-9,13-14H2,1-2H3. The van der Waals surface area contributed by atoms with E-state index in [1.54, 1.807) is 16.7 Å². The van der Waals surface area contributed by atoms with Crippen molar-refractivity contribution < 1.29 is 9.53 Å². The number of aryl methyl sites for hydroxylation is 2. The first-order valence-electron chi connectivity index (χ1n) is 9.66. The molecule has 1 amide bonds. The molecule has 7 nitrogen and oxygen atoms in total. The summed E-state index contributed by atoms with van der Waals surface area (Å²) in [4.78, 5) is 34.0. The third-order valence-electron chi connectivity index (χ3n) is 5.22. The van der Waals surface area contributed by atoms with E-state index in [4.69, 9.17) is 4.74 Å². The monoisotopic (exact) mass is 412 g/mol. The van der Waals surface area contributed by atoms with E-state index in [1.165, 1.54) is 11.3 Å². The molecule has 1 aliphatic rings. The van der Waals surface area contributed by atoms with Crippen molar-refractivity contribution in [1.82, 2.24) is 19.2 Å². The first-order chi connectivity index (χ1) is 14.0. The molecule has 1 fully saturated rings. The van der Waals surface area contributed by atoms with Gasteiger partial charge in [0.2, 0.25) is 0 Å². The van der Waals surface area contributed by atoms with Crippen LogP contribution in [0.3, 0.4) is 0 Å². The van der Waals surface area contributed by atoms with Gasteiger partial charge in [-0.05, 0) is 25.0 Å². The van der Waals surface area contributed by atoms with Crippen LogP contribution in [0.15, 0.2) is 40.6 Å². The highest BCUT2D eigenvalue weighted by Crippen LogP contribution is 2.22. The minimum Gasteiger partial charge on any atom is -0.483 e. The van der Waals surface area contributed by atoms with Crippen molar-refractivity contribution in [3.05, 3.63) is 63.0 Å². The third kappa shape index (κ3) is 4.33. The highest BCUT2D eigenvalue weighted by atomic mass is 32.1. The van der Waals surface area contributed by atoms with Crippen molar-refractivity contribution in [2.45, 2.75) is 20.4 Å². The van der Waals surface area contributed by atoms with Crippen molar-refractivity contribution in [3.63, 3.8) is 0 Å². The average molecular weight is 413 g/mol. The van der Waals surface area contributed by atoms with E-state index < -0.39 is 0 Å². The second-order valence-corrected chi connectivity index (χ2v) is 8.18. The number of thiazole rings is 1. The van der Waals surface area contributed by atoms with Gasteiger partial charge in [-0.3, -0.25) is 18.9 Å². The lowest BCUT2D eigenvalue weighted by molar-refractivity contribution is -0.135. The Bertz CT molecular complexity index is 1060. The van der Waals surface area contributed by atoms with Gasteiger partial charge >= 0.3 is 0 Å². The lowest BCUT2D eigenvalue weighted by atomic mass is 10.1. The number of hydrogen-bond acceptors (Lipinski definition) is 6. The molecular weight excluding hydrogens is 388 g/mol. The fourth-order valence-electron chi connectivity index (χ4n) is 3.61. The number of rotatable bonds is 5. The molecule has 3 heterocycles. The zero-order chi connectivity index (χ0) is 20.4. The third-order valence-corrected chi connectivity index (χ3v) is 5.97. The molecule has 1 saturated heterocycles. The Hall–Kier alpha value is -2.71. The fraction of sp³-hybridized carbons (Fsp3) is 0.381. The molecule has 3 aromatic rings. The minimum absolute atomic E-state index is 0.00341. The normalized spacial score (nSPS) is 15.0. The van der Waals surface area contributed by atoms with Gasteiger partial charge in [0.25, 0.3) is 11.5 Å². The summed E-state index contributed by atoms with van der Waals surface area (Å²) in [5.74, 6) is 0.796. The van der Waals surface area contributed by atoms with Crippen LogP contribution >= 0.6 is 11.3 Å². The van der Waals surface area contributed by atoms with Crippen molar-refractivity contribution in [2.24, 2.45) is 0 Å². The molecule has 0 spiro atoms. The van der Waals surface area contributed by atoms with Gasteiger partial charge in [-0.25, -0.2) is 4.98 Å². The van der Waals surface area contributed by atoms with E-state index in [0.717, 1.165) is 35.7 Å². The van der Waals surface area contributed by atoms with Crippen LogP contribution in [0.4, 0.5) is 0 Å². The lowest BCUT2D eigenvalue weighted by Gasteiger charge is -2.34. The second-order valence-electron chi connectivity index (χ2n) is 7.31. The Kier molecular flexibility index (Phi) is 5.64. The van der Waals surface area contributed by atoms with E-state index >= 15 is 0 Å². The number of nitrogens with zero attached hydrogens (tertiary/aromatic N) is 4. The largest absolute Gasteiger partial charge is 0.483 e. The number of piperazine rings is 1. The van der Waals surface area contributed by atoms with Crippen molar-refractivity contribution in [1.29, 1.82) is 0 Å². The molecule has 1 aliphatic heterocycles. The molecule has 1 aromatic carbocycles. The predicted molar refractivity (Wildman–Crippen MR) is 113 cm³/mol. The van der Waals surface area contributed by atoms with Crippen LogP contribution < -0.4 is 10.3 Å². The van der Waals surface area contributed by atoms with E-state index in [9.17, 15) is 9.59 Å². The smallest absolute Gasteiger partial charge is 0.260 e. The Morgan fingerprint density at radius 3 is 2.62 bits per heavy atom. The molecule has 4 rings (SSSR count). The van der Waals surface area contributed by atoms with Crippen LogP contribution in [0, 0.1) is 13.8 Å². The highest BCUT2D eigenvalue weighted by molar-refractivity contribution is 7.15. The number of ether oxygens (including phenoxy) is 1. The van der Waals surface area contributed by atoms with Crippen LogP contribution in [-0.2, 0) is 11.3 Å². The van der Waals surface area contributed by atoms with Crippen molar-refractivity contribution in [2.75, 3.05) is 32.8 Å². The van der Waals surface area contributed by atoms with Crippen LogP contribution in [0.2, 0.25) is 0 Å². The molecule has 152 valence electrons. The van der Waals surface area contributed by atoms with E-state index in [2.05, 4.69) is 9.88 Å². The zero-order valence-corrected chi connectivity index (χ0v) is 17.4. The number of hydrogen-bond donors (Lipinski definition) is 0. The van der Waals surface area contributed by atoms with Gasteiger partial charge in [-0.1, -0.05) is 18.2 Å². The number of fused-ring (bicyclic) bond motifs is 1. The average Bonchev–Trinajstić information content (AvgIpc) is 3.17. The molecule has 0 aliphatic carbocycles. The predicted octanol–water partition coefficient (Wildman–Crippen LogP) is 2.10. The first-order valence-corrected chi connectivity index (χ1v) is 10.5. The fourth-order valence-corrected chi connectivity index (χ4v) is 4.34. The van der Waals surface area contributed by atoms with Crippen LogP contribution in [0.25, 0.3) is 4.96 Å². The second kappa shape index (κ2) is 8.34. The van der Waals surface area contributed by atoms with Gasteiger partial charge in [-0.15, -0.1) is 11.3 Å². The summed E-state index contributed by atoms with van der Waals surface area (Å²) < 4.78 is 7.36. The van der Waals surface area contributed by atoms with Crippen LogP contribution in [-0.4, -0.2) is 57.9 Å². The summed E-state index contributed by atoms with van der Waals surface area (Å²) in [6.45, 7) is 7.44. The Morgan fingerprint density at radius 2 is 1.90 bits per heavy atom. The Labute approximate surface area is 173 Å². The topological polar surface area (TPSA) is 67.2 Å². The van der Waals surface area contributed by atoms with Gasteiger partial charge in [0.15, 0.2) is 11.6 Å². The summed E-state index contributed by atoms with van der Waals surface area (Å²) in [5.41, 5.74) is 2.79. The van der Waals surface area contributed by atoms with Gasteiger partial charge < -0.3 is 9.64 Å². The molecule has 0 saturated carbocycles.